The van der Waals surface area contributed by atoms with Crippen molar-refractivity contribution in [3.8, 4) is 0 Å². The van der Waals surface area contributed by atoms with Gasteiger partial charge in [-0.1, -0.05) is 66.2 Å². The van der Waals surface area contributed by atoms with Gasteiger partial charge >= 0.3 is 0 Å². The van der Waals surface area contributed by atoms with Gasteiger partial charge in [0.15, 0.2) is 11.0 Å². The minimum atomic E-state index is -1.96. The molecule has 0 aliphatic carbocycles. The molecule has 4 aromatic carbocycles. The Labute approximate surface area is 237 Å². The predicted octanol–water partition coefficient (Wildman–Crippen LogP) is 6.17. The van der Waals surface area contributed by atoms with Crippen molar-refractivity contribution >= 4 is 40.1 Å². The van der Waals surface area contributed by atoms with E-state index in [1.54, 1.807) is 66.7 Å². The second kappa shape index (κ2) is 9.11. The zero-order chi connectivity index (χ0) is 28.5. The molecule has 2 amide bonds. The van der Waals surface area contributed by atoms with Crippen LogP contribution in [0.15, 0.2) is 100 Å². The summed E-state index contributed by atoms with van der Waals surface area (Å²) in [5.41, 5.74) is -1.31. The molecule has 0 fully saturated rings. The minimum absolute atomic E-state index is 0.0141. The molecule has 7 rings (SSSR count). The van der Waals surface area contributed by atoms with Crippen molar-refractivity contribution in [3.05, 3.63) is 146 Å². The molecule has 0 N–H and O–H groups in total. The third-order valence-electron chi connectivity index (χ3n) is 7.77. The number of hydrogen-bond acceptors (Lipinski definition) is 4. The fraction of sp³-hybridized carbons (Fsp3) is 0.0938. The normalized spacial score (nSPS) is 17.5. The second-order valence-electron chi connectivity index (χ2n) is 9.97. The number of fused-ring (bicyclic) bond motifs is 5. The number of halogens is 3. The summed E-state index contributed by atoms with van der Waals surface area (Å²) >= 11 is 6.48. The third kappa shape index (κ3) is 3.50. The monoisotopic (exact) mass is 568 g/mol. The van der Waals surface area contributed by atoms with Gasteiger partial charge in [0.1, 0.15) is 17.2 Å². The van der Waals surface area contributed by atoms with Gasteiger partial charge in [0.25, 0.3) is 11.8 Å². The lowest BCUT2D eigenvalue weighted by molar-refractivity contribution is -0.126. The van der Waals surface area contributed by atoms with Crippen LogP contribution >= 0.6 is 11.6 Å². The van der Waals surface area contributed by atoms with Gasteiger partial charge in [0.05, 0.1) is 23.2 Å². The van der Waals surface area contributed by atoms with Crippen LogP contribution in [-0.4, -0.2) is 16.7 Å². The Morgan fingerprint density at radius 3 is 2.29 bits per heavy atom. The van der Waals surface area contributed by atoms with Crippen LogP contribution in [0.5, 0.6) is 0 Å². The maximum atomic E-state index is 14.8. The average molecular weight is 569 g/mol. The Hall–Kier alpha value is -4.82. The van der Waals surface area contributed by atoms with E-state index in [1.807, 2.05) is 0 Å². The highest BCUT2D eigenvalue weighted by molar-refractivity contribution is 6.31. The zero-order valence-electron chi connectivity index (χ0n) is 21.2. The molecule has 0 saturated carbocycles. The van der Waals surface area contributed by atoms with Gasteiger partial charge in [0.2, 0.25) is 5.76 Å². The number of hydrogen-bond donors (Lipinski definition) is 0. The van der Waals surface area contributed by atoms with Gasteiger partial charge in [-0.25, -0.2) is 8.78 Å². The van der Waals surface area contributed by atoms with Crippen molar-refractivity contribution < 1.29 is 22.8 Å². The summed E-state index contributed by atoms with van der Waals surface area (Å²) in [4.78, 5) is 45.7. The number of para-hydroxylation sites is 1. The second-order valence-corrected chi connectivity index (χ2v) is 10.4. The van der Waals surface area contributed by atoms with Crippen LogP contribution in [-0.2, 0) is 23.4 Å². The molecule has 0 saturated heterocycles. The molecule has 0 bridgehead atoms. The van der Waals surface area contributed by atoms with Gasteiger partial charge in [-0.15, -0.1) is 0 Å². The number of nitrogens with zero attached hydrogens (tertiary/aromatic N) is 2. The van der Waals surface area contributed by atoms with Crippen LogP contribution in [0.3, 0.4) is 0 Å². The lowest BCUT2D eigenvalue weighted by atomic mass is 9.83. The number of amides is 2. The molecule has 1 unspecified atom stereocenters. The first-order valence-corrected chi connectivity index (χ1v) is 13.2. The van der Waals surface area contributed by atoms with Crippen molar-refractivity contribution in [2.45, 2.75) is 18.6 Å². The van der Waals surface area contributed by atoms with E-state index in [1.165, 1.54) is 21.9 Å². The SMILES string of the molecule is O=C1c2oc3ccc(F)cc3c(=O)c2C2(C(=O)N(Cc3ccccc3F)c3ccccc32)N1Cc1ccccc1Cl. The summed E-state index contributed by atoms with van der Waals surface area (Å²) in [6.07, 6.45) is 0. The quantitative estimate of drug-likeness (QED) is 0.260. The van der Waals surface area contributed by atoms with Gasteiger partial charge in [-0.3, -0.25) is 14.4 Å². The Balaban J connectivity index is 1.53. The van der Waals surface area contributed by atoms with E-state index in [-0.39, 0.29) is 40.9 Å². The molecule has 6 nitrogen and oxygen atoms in total. The molecule has 1 spiro atoms. The molecule has 0 radical (unpaired) electrons. The van der Waals surface area contributed by atoms with Crippen LogP contribution in [0.1, 0.15) is 32.8 Å². The Bertz CT molecular complexity index is 1990. The first kappa shape index (κ1) is 25.2. The lowest BCUT2D eigenvalue weighted by Crippen LogP contribution is -2.53. The summed E-state index contributed by atoms with van der Waals surface area (Å²) in [7, 11) is 0. The molecule has 1 atom stereocenters. The molecular formula is C32H19ClF2N2O4. The highest BCUT2D eigenvalue weighted by atomic mass is 35.5. The van der Waals surface area contributed by atoms with Crippen LogP contribution in [0.2, 0.25) is 5.02 Å². The number of carbonyl (C=O) groups is 2. The maximum absolute atomic E-state index is 14.8. The number of rotatable bonds is 4. The van der Waals surface area contributed by atoms with E-state index in [2.05, 4.69) is 0 Å². The summed E-state index contributed by atoms with van der Waals surface area (Å²) in [5, 5.41) is 0.258. The molecule has 9 heteroatoms. The molecule has 41 heavy (non-hydrogen) atoms. The van der Waals surface area contributed by atoms with Crippen molar-refractivity contribution in [2.75, 3.05) is 4.90 Å². The standard InChI is InChI=1S/C32H19ClF2N2O4/c33-23-10-4-1-7-18(23)17-37-30(39)29-27(28(38)21-15-20(34)13-14-26(21)41-29)32(37)22-9-3-6-12-25(22)36(31(32)40)16-19-8-2-5-11-24(19)35/h1-15H,16-17H2. The zero-order valence-corrected chi connectivity index (χ0v) is 22.0. The van der Waals surface area contributed by atoms with Crippen molar-refractivity contribution in [2.24, 2.45) is 0 Å². The summed E-state index contributed by atoms with van der Waals surface area (Å²) in [6, 6.07) is 23.1. The third-order valence-corrected chi connectivity index (χ3v) is 8.14. The first-order valence-electron chi connectivity index (χ1n) is 12.8. The van der Waals surface area contributed by atoms with Gasteiger partial charge < -0.3 is 14.2 Å². The van der Waals surface area contributed by atoms with E-state index < -0.39 is 34.4 Å². The van der Waals surface area contributed by atoms with Crippen molar-refractivity contribution in [1.29, 1.82) is 0 Å². The molecule has 5 aromatic rings. The Morgan fingerprint density at radius 1 is 0.805 bits per heavy atom. The number of benzene rings is 4. The predicted molar refractivity (Wildman–Crippen MR) is 149 cm³/mol. The molecule has 2 aliphatic heterocycles. The van der Waals surface area contributed by atoms with Crippen LogP contribution < -0.4 is 10.3 Å². The van der Waals surface area contributed by atoms with Gasteiger partial charge in [-0.05, 0) is 42.0 Å². The van der Waals surface area contributed by atoms with E-state index in [9.17, 15) is 23.2 Å². The first-order chi connectivity index (χ1) is 19.8. The highest BCUT2D eigenvalue weighted by Gasteiger charge is 2.65. The highest BCUT2D eigenvalue weighted by Crippen LogP contribution is 2.53. The maximum Gasteiger partial charge on any atom is 0.291 e. The molecular weight excluding hydrogens is 550 g/mol. The molecule has 2 aliphatic rings. The van der Waals surface area contributed by atoms with Gasteiger partial charge in [-0.2, -0.15) is 0 Å². The van der Waals surface area contributed by atoms with Crippen LogP contribution in [0.4, 0.5) is 14.5 Å². The van der Waals surface area contributed by atoms with Crippen LogP contribution in [0, 0.1) is 11.6 Å². The molecule has 1 aromatic heterocycles. The molecule has 202 valence electrons. The molecule has 3 heterocycles. The van der Waals surface area contributed by atoms with E-state index in [0.717, 1.165) is 12.1 Å². The van der Waals surface area contributed by atoms with E-state index >= 15 is 0 Å². The fourth-order valence-electron chi connectivity index (χ4n) is 5.94. The minimum Gasteiger partial charge on any atom is -0.450 e. The number of anilines is 1. The Kier molecular flexibility index (Phi) is 5.59. The smallest absolute Gasteiger partial charge is 0.291 e. The van der Waals surface area contributed by atoms with Gasteiger partial charge in [0, 0.05) is 22.7 Å². The number of carbonyl (C=O) groups excluding carboxylic acids is 2. The van der Waals surface area contributed by atoms with Crippen molar-refractivity contribution in [3.63, 3.8) is 0 Å². The Morgan fingerprint density at radius 2 is 1.51 bits per heavy atom. The largest absolute Gasteiger partial charge is 0.450 e. The lowest BCUT2D eigenvalue weighted by Gasteiger charge is -2.34. The van der Waals surface area contributed by atoms with Crippen molar-refractivity contribution in [1.82, 2.24) is 4.90 Å². The van der Waals surface area contributed by atoms with E-state index in [4.69, 9.17) is 16.0 Å². The van der Waals surface area contributed by atoms with E-state index in [0.29, 0.717) is 21.8 Å². The summed E-state index contributed by atoms with van der Waals surface area (Å²) in [5.74, 6) is -2.81. The summed E-state index contributed by atoms with van der Waals surface area (Å²) < 4.78 is 35.0. The van der Waals surface area contributed by atoms with Crippen LogP contribution in [0.25, 0.3) is 11.0 Å². The summed E-state index contributed by atoms with van der Waals surface area (Å²) in [6.45, 7) is -0.290. The fourth-order valence-corrected chi connectivity index (χ4v) is 6.13. The average Bonchev–Trinajstić information content (AvgIpc) is 3.36. The topological polar surface area (TPSA) is 70.8 Å².